The van der Waals surface area contributed by atoms with Gasteiger partial charge in [-0.3, -0.25) is 4.79 Å². The standard InChI is InChI=1S/C20H28N2O/c1-8-22-19-14(6)18-16(11(3)10(2)15(7)21-18)9-17(19)12(4)13(5)20(22)23/h9-11,15,21H,8H2,1-7H3. The molecular weight excluding hydrogens is 284 g/mol. The fourth-order valence-electron chi connectivity index (χ4n) is 4.06. The average molecular weight is 312 g/mol. The zero-order chi connectivity index (χ0) is 17.0. The number of anilines is 1. The molecule has 124 valence electrons. The van der Waals surface area contributed by atoms with E-state index in [9.17, 15) is 4.79 Å². The molecule has 1 aliphatic rings. The zero-order valence-electron chi connectivity index (χ0n) is 15.4. The molecule has 0 saturated carbocycles. The summed E-state index contributed by atoms with van der Waals surface area (Å²) in [5.41, 5.74) is 7.08. The van der Waals surface area contributed by atoms with Crippen molar-refractivity contribution in [3.8, 4) is 0 Å². The molecule has 1 aromatic carbocycles. The quantitative estimate of drug-likeness (QED) is 0.841. The van der Waals surface area contributed by atoms with Crippen LogP contribution >= 0.6 is 0 Å². The highest BCUT2D eigenvalue weighted by atomic mass is 16.1. The van der Waals surface area contributed by atoms with Gasteiger partial charge in [0.2, 0.25) is 0 Å². The number of aromatic nitrogens is 1. The molecule has 0 spiro atoms. The van der Waals surface area contributed by atoms with Crippen LogP contribution in [-0.4, -0.2) is 10.6 Å². The first kappa shape index (κ1) is 16.1. The van der Waals surface area contributed by atoms with Gasteiger partial charge in [-0.25, -0.2) is 0 Å². The summed E-state index contributed by atoms with van der Waals surface area (Å²) in [6.45, 7) is 15.8. The van der Waals surface area contributed by atoms with Gasteiger partial charge in [-0.2, -0.15) is 0 Å². The smallest absolute Gasteiger partial charge is 0.254 e. The fraction of sp³-hybridized carbons (Fsp3) is 0.550. The van der Waals surface area contributed by atoms with E-state index in [0.717, 1.165) is 16.6 Å². The number of fused-ring (bicyclic) bond motifs is 2. The summed E-state index contributed by atoms with van der Waals surface area (Å²) in [6.07, 6.45) is 0. The first-order valence-corrected chi connectivity index (χ1v) is 8.73. The van der Waals surface area contributed by atoms with E-state index < -0.39 is 0 Å². The molecule has 3 nitrogen and oxygen atoms in total. The highest BCUT2D eigenvalue weighted by Crippen LogP contribution is 2.42. The molecule has 1 aromatic heterocycles. The van der Waals surface area contributed by atoms with Gasteiger partial charge < -0.3 is 9.88 Å². The minimum Gasteiger partial charge on any atom is -0.382 e. The van der Waals surface area contributed by atoms with E-state index >= 15 is 0 Å². The molecule has 3 atom stereocenters. The van der Waals surface area contributed by atoms with Gasteiger partial charge in [-0.05, 0) is 69.2 Å². The van der Waals surface area contributed by atoms with Crippen LogP contribution in [0, 0.1) is 26.7 Å². The maximum atomic E-state index is 12.7. The predicted octanol–water partition coefficient (Wildman–Crippen LogP) is 4.50. The Kier molecular flexibility index (Phi) is 3.78. The number of nitrogens with zero attached hydrogens (tertiary/aromatic N) is 1. The van der Waals surface area contributed by atoms with Gasteiger partial charge in [-0.15, -0.1) is 0 Å². The van der Waals surface area contributed by atoms with Crippen LogP contribution in [-0.2, 0) is 6.54 Å². The third-order valence-corrected chi connectivity index (χ3v) is 6.13. The van der Waals surface area contributed by atoms with Crippen molar-refractivity contribution in [2.24, 2.45) is 5.92 Å². The van der Waals surface area contributed by atoms with Crippen molar-refractivity contribution in [2.75, 3.05) is 5.32 Å². The van der Waals surface area contributed by atoms with Crippen LogP contribution in [0.1, 0.15) is 55.9 Å². The summed E-state index contributed by atoms with van der Waals surface area (Å²) in [6, 6.07) is 2.77. The topological polar surface area (TPSA) is 34.0 Å². The van der Waals surface area contributed by atoms with Crippen molar-refractivity contribution < 1.29 is 0 Å². The number of benzene rings is 1. The number of nitrogens with one attached hydrogen (secondary N) is 1. The molecule has 3 heteroatoms. The molecule has 23 heavy (non-hydrogen) atoms. The van der Waals surface area contributed by atoms with Crippen LogP contribution in [0.25, 0.3) is 10.9 Å². The summed E-state index contributed by atoms with van der Waals surface area (Å²) in [5, 5.41) is 4.92. The lowest BCUT2D eigenvalue weighted by atomic mass is 9.78. The molecule has 0 aliphatic carbocycles. The largest absolute Gasteiger partial charge is 0.382 e. The summed E-state index contributed by atoms with van der Waals surface area (Å²) >= 11 is 0. The number of hydrogen-bond donors (Lipinski definition) is 1. The molecule has 0 amide bonds. The predicted molar refractivity (Wildman–Crippen MR) is 98.8 cm³/mol. The van der Waals surface area contributed by atoms with Gasteiger partial charge in [0.15, 0.2) is 0 Å². The molecule has 0 bridgehead atoms. The lowest BCUT2D eigenvalue weighted by Gasteiger charge is -2.37. The minimum absolute atomic E-state index is 0.144. The molecular formula is C20H28N2O. The summed E-state index contributed by atoms with van der Waals surface area (Å²) in [4.78, 5) is 12.7. The van der Waals surface area contributed by atoms with E-state index in [4.69, 9.17) is 0 Å². The van der Waals surface area contributed by atoms with Crippen LogP contribution in [0.3, 0.4) is 0 Å². The summed E-state index contributed by atoms with van der Waals surface area (Å²) in [7, 11) is 0. The second-order valence-electron chi connectivity index (χ2n) is 7.24. The molecule has 0 saturated heterocycles. The van der Waals surface area contributed by atoms with Crippen molar-refractivity contribution in [1.29, 1.82) is 0 Å². The van der Waals surface area contributed by atoms with Crippen LogP contribution in [0.2, 0.25) is 0 Å². The number of rotatable bonds is 1. The van der Waals surface area contributed by atoms with Gasteiger partial charge in [0, 0.05) is 29.2 Å². The fourth-order valence-corrected chi connectivity index (χ4v) is 4.06. The Labute approximate surface area is 138 Å². The number of aryl methyl sites for hydroxylation is 3. The molecule has 3 rings (SSSR count). The summed E-state index contributed by atoms with van der Waals surface area (Å²) in [5.74, 6) is 1.11. The second kappa shape index (κ2) is 5.40. The second-order valence-corrected chi connectivity index (χ2v) is 7.24. The molecule has 2 heterocycles. The Morgan fingerprint density at radius 2 is 1.74 bits per heavy atom. The Balaban J connectivity index is 2.48. The average Bonchev–Trinajstić information content (AvgIpc) is 2.53. The minimum atomic E-state index is 0.144. The maximum Gasteiger partial charge on any atom is 0.254 e. The van der Waals surface area contributed by atoms with Gasteiger partial charge in [0.1, 0.15) is 0 Å². The SMILES string of the molecule is CCn1c(=O)c(C)c(C)c2cc3c(c(C)c21)NC(C)C(C)C3C. The van der Waals surface area contributed by atoms with E-state index in [-0.39, 0.29) is 5.56 Å². The van der Waals surface area contributed by atoms with E-state index in [0.29, 0.717) is 24.4 Å². The van der Waals surface area contributed by atoms with E-state index in [1.54, 1.807) is 0 Å². The maximum absolute atomic E-state index is 12.7. The van der Waals surface area contributed by atoms with Gasteiger partial charge in [0.05, 0.1) is 5.52 Å². The highest BCUT2D eigenvalue weighted by Gasteiger charge is 2.30. The van der Waals surface area contributed by atoms with Gasteiger partial charge >= 0.3 is 0 Å². The van der Waals surface area contributed by atoms with Gasteiger partial charge in [0.25, 0.3) is 5.56 Å². The van der Waals surface area contributed by atoms with Crippen LogP contribution in [0.5, 0.6) is 0 Å². The van der Waals surface area contributed by atoms with Crippen molar-refractivity contribution in [3.05, 3.63) is 38.7 Å². The van der Waals surface area contributed by atoms with Crippen LogP contribution in [0.15, 0.2) is 10.9 Å². The molecule has 0 radical (unpaired) electrons. The van der Waals surface area contributed by atoms with Crippen LogP contribution < -0.4 is 10.9 Å². The third kappa shape index (κ3) is 2.13. The summed E-state index contributed by atoms with van der Waals surface area (Å²) < 4.78 is 1.93. The van der Waals surface area contributed by atoms with E-state index in [1.807, 2.05) is 11.5 Å². The first-order valence-electron chi connectivity index (χ1n) is 8.73. The first-order chi connectivity index (χ1) is 10.8. The normalized spacial score (nSPS) is 23.7. The molecule has 3 unspecified atom stereocenters. The monoisotopic (exact) mass is 312 g/mol. The van der Waals surface area contributed by atoms with Crippen molar-refractivity contribution in [2.45, 2.75) is 67.0 Å². The van der Waals surface area contributed by atoms with Crippen molar-refractivity contribution in [3.63, 3.8) is 0 Å². The molecule has 0 fully saturated rings. The number of pyridine rings is 1. The van der Waals surface area contributed by atoms with Gasteiger partial charge in [-0.1, -0.05) is 13.8 Å². The number of hydrogen-bond acceptors (Lipinski definition) is 2. The zero-order valence-corrected chi connectivity index (χ0v) is 15.4. The Hall–Kier alpha value is -1.77. The van der Waals surface area contributed by atoms with Crippen LogP contribution in [0.4, 0.5) is 5.69 Å². The Morgan fingerprint density at radius 1 is 1.09 bits per heavy atom. The lowest BCUT2D eigenvalue weighted by molar-refractivity contribution is 0.420. The van der Waals surface area contributed by atoms with E-state index in [1.165, 1.54) is 22.2 Å². The lowest BCUT2D eigenvalue weighted by Crippen LogP contribution is -2.34. The molecule has 2 aromatic rings. The molecule has 1 aliphatic heterocycles. The highest BCUT2D eigenvalue weighted by molar-refractivity contribution is 5.92. The van der Waals surface area contributed by atoms with Crippen molar-refractivity contribution >= 4 is 16.6 Å². The van der Waals surface area contributed by atoms with E-state index in [2.05, 4.69) is 52.9 Å². The Bertz CT molecular complexity index is 847. The third-order valence-electron chi connectivity index (χ3n) is 6.13. The Morgan fingerprint density at radius 3 is 2.35 bits per heavy atom. The van der Waals surface area contributed by atoms with Crippen molar-refractivity contribution in [1.82, 2.24) is 4.57 Å². The molecule has 1 N–H and O–H groups in total.